The SMILES string of the molecule is O=C(NCc1nc2ccccc2s1)c1ccnc(F)c1F. The second-order valence-corrected chi connectivity index (χ2v) is 5.34. The molecule has 1 N–H and O–H groups in total. The van der Waals surface area contributed by atoms with Crippen LogP contribution in [-0.2, 0) is 6.54 Å². The van der Waals surface area contributed by atoms with Crippen LogP contribution in [-0.4, -0.2) is 15.9 Å². The van der Waals surface area contributed by atoms with Crippen molar-refractivity contribution in [3.8, 4) is 0 Å². The van der Waals surface area contributed by atoms with Crippen molar-refractivity contribution in [3.05, 3.63) is 58.9 Å². The third kappa shape index (κ3) is 2.73. The normalized spacial score (nSPS) is 10.8. The third-order valence-electron chi connectivity index (χ3n) is 2.83. The molecule has 0 fully saturated rings. The maximum absolute atomic E-state index is 13.4. The van der Waals surface area contributed by atoms with Crippen LogP contribution in [0.25, 0.3) is 10.2 Å². The van der Waals surface area contributed by atoms with Gasteiger partial charge in [-0.25, -0.2) is 14.4 Å². The van der Waals surface area contributed by atoms with E-state index in [1.165, 1.54) is 11.3 Å². The van der Waals surface area contributed by atoms with Gasteiger partial charge in [0, 0.05) is 6.20 Å². The molecule has 3 rings (SSSR count). The lowest BCUT2D eigenvalue weighted by atomic mass is 10.2. The Bertz CT molecular complexity index is 786. The van der Waals surface area contributed by atoms with Gasteiger partial charge in [-0.1, -0.05) is 12.1 Å². The Balaban J connectivity index is 1.75. The van der Waals surface area contributed by atoms with E-state index in [2.05, 4.69) is 15.3 Å². The van der Waals surface area contributed by atoms with Crippen molar-refractivity contribution in [1.29, 1.82) is 0 Å². The Morgan fingerprint density at radius 3 is 2.86 bits per heavy atom. The smallest absolute Gasteiger partial charge is 0.254 e. The van der Waals surface area contributed by atoms with Crippen LogP contribution >= 0.6 is 11.3 Å². The molecule has 0 radical (unpaired) electrons. The van der Waals surface area contributed by atoms with Crippen molar-refractivity contribution in [1.82, 2.24) is 15.3 Å². The van der Waals surface area contributed by atoms with Gasteiger partial charge in [-0.15, -0.1) is 11.3 Å². The lowest BCUT2D eigenvalue weighted by Gasteiger charge is -2.04. The van der Waals surface area contributed by atoms with Gasteiger partial charge in [-0.05, 0) is 18.2 Å². The number of amides is 1. The number of carbonyl (C=O) groups is 1. The number of aromatic nitrogens is 2. The highest BCUT2D eigenvalue weighted by atomic mass is 32.1. The van der Waals surface area contributed by atoms with Crippen molar-refractivity contribution >= 4 is 27.5 Å². The summed E-state index contributed by atoms with van der Waals surface area (Å²) in [5.41, 5.74) is 0.469. The molecule has 7 heteroatoms. The number of para-hydroxylation sites is 1. The first-order valence-electron chi connectivity index (χ1n) is 6.08. The molecule has 0 spiro atoms. The van der Waals surface area contributed by atoms with Gasteiger partial charge >= 0.3 is 0 Å². The zero-order chi connectivity index (χ0) is 14.8. The summed E-state index contributed by atoms with van der Waals surface area (Å²) < 4.78 is 27.4. The predicted molar refractivity (Wildman–Crippen MR) is 74.9 cm³/mol. The number of fused-ring (bicyclic) bond motifs is 1. The molecule has 0 saturated heterocycles. The zero-order valence-corrected chi connectivity index (χ0v) is 11.5. The van der Waals surface area contributed by atoms with E-state index in [1.807, 2.05) is 24.3 Å². The van der Waals surface area contributed by atoms with Gasteiger partial charge < -0.3 is 5.32 Å². The molecule has 0 aliphatic heterocycles. The van der Waals surface area contributed by atoms with Gasteiger partial charge in [-0.2, -0.15) is 4.39 Å². The number of pyridine rings is 1. The van der Waals surface area contributed by atoms with Gasteiger partial charge in [0.25, 0.3) is 5.91 Å². The molecule has 0 atom stereocenters. The molecule has 2 aromatic heterocycles. The van der Waals surface area contributed by atoms with E-state index in [4.69, 9.17) is 0 Å². The van der Waals surface area contributed by atoms with Crippen molar-refractivity contribution in [2.24, 2.45) is 0 Å². The second kappa shape index (κ2) is 5.53. The minimum Gasteiger partial charge on any atom is -0.345 e. The lowest BCUT2D eigenvalue weighted by molar-refractivity contribution is 0.0945. The summed E-state index contributed by atoms with van der Waals surface area (Å²) in [4.78, 5) is 19.3. The zero-order valence-electron chi connectivity index (χ0n) is 10.6. The first kappa shape index (κ1) is 13.6. The number of nitrogens with one attached hydrogen (secondary N) is 1. The van der Waals surface area contributed by atoms with E-state index in [0.717, 1.165) is 22.5 Å². The quantitative estimate of drug-likeness (QED) is 0.757. The molecule has 1 amide bonds. The van der Waals surface area contributed by atoms with Gasteiger partial charge in [0.1, 0.15) is 5.01 Å². The number of thiazole rings is 1. The molecule has 106 valence electrons. The van der Waals surface area contributed by atoms with Crippen LogP contribution in [0.1, 0.15) is 15.4 Å². The number of rotatable bonds is 3. The summed E-state index contributed by atoms with van der Waals surface area (Å²) >= 11 is 1.44. The standard InChI is InChI=1S/C14H9F2N3OS/c15-12-8(5-6-17-13(12)16)14(20)18-7-11-19-9-3-1-2-4-10(9)21-11/h1-6H,7H2,(H,18,20). The fourth-order valence-corrected chi connectivity index (χ4v) is 2.75. The summed E-state index contributed by atoms with van der Waals surface area (Å²) in [6, 6.07) is 8.70. The van der Waals surface area contributed by atoms with E-state index in [-0.39, 0.29) is 12.1 Å². The molecule has 4 nitrogen and oxygen atoms in total. The molecule has 1 aromatic carbocycles. The summed E-state index contributed by atoms with van der Waals surface area (Å²) in [6.45, 7) is 0.154. The van der Waals surface area contributed by atoms with Crippen LogP contribution < -0.4 is 5.32 Å². The van der Waals surface area contributed by atoms with E-state index >= 15 is 0 Å². The number of nitrogens with zero attached hydrogens (tertiary/aromatic N) is 2. The molecular formula is C14H9F2N3OS. The molecule has 21 heavy (non-hydrogen) atoms. The Hall–Kier alpha value is -2.41. The Kier molecular flexibility index (Phi) is 3.57. The molecule has 0 aliphatic carbocycles. The highest BCUT2D eigenvalue weighted by molar-refractivity contribution is 7.18. The molecule has 2 heterocycles. The average molecular weight is 305 g/mol. The number of benzene rings is 1. The van der Waals surface area contributed by atoms with Crippen molar-refractivity contribution in [3.63, 3.8) is 0 Å². The number of halogens is 2. The first-order chi connectivity index (χ1) is 10.1. The van der Waals surface area contributed by atoms with Gasteiger partial charge in [-0.3, -0.25) is 4.79 Å². The summed E-state index contributed by atoms with van der Waals surface area (Å²) in [5, 5.41) is 3.21. The Morgan fingerprint density at radius 1 is 1.24 bits per heavy atom. The fourth-order valence-electron chi connectivity index (χ4n) is 1.84. The number of hydrogen-bond acceptors (Lipinski definition) is 4. The van der Waals surface area contributed by atoms with Gasteiger partial charge in [0.2, 0.25) is 5.95 Å². The fraction of sp³-hybridized carbons (Fsp3) is 0.0714. The minimum absolute atomic E-state index is 0.154. The molecule has 3 aromatic rings. The molecule has 0 aliphatic rings. The van der Waals surface area contributed by atoms with Gasteiger partial charge in [0.15, 0.2) is 5.82 Å². The van der Waals surface area contributed by atoms with E-state index in [1.54, 1.807) is 0 Å². The minimum atomic E-state index is -1.29. The topological polar surface area (TPSA) is 54.9 Å². The molecule has 0 bridgehead atoms. The summed E-state index contributed by atoms with van der Waals surface area (Å²) in [5.74, 6) is -3.24. The third-order valence-corrected chi connectivity index (χ3v) is 3.87. The van der Waals surface area contributed by atoms with Crippen LogP contribution in [0, 0.1) is 11.8 Å². The van der Waals surface area contributed by atoms with Gasteiger partial charge in [0.05, 0.1) is 22.3 Å². The van der Waals surface area contributed by atoms with Crippen LogP contribution in [0.2, 0.25) is 0 Å². The largest absolute Gasteiger partial charge is 0.345 e. The maximum Gasteiger partial charge on any atom is 0.254 e. The molecule has 0 unspecified atom stereocenters. The van der Waals surface area contributed by atoms with Crippen molar-refractivity contribution in [2.45, 2.75) is 6.54 Å². The van der Waals surface area contributed by atoms with E-state index < -0.39 is 17.7 Å². The Labute approximate surface area is 122 Å². The average Bonchev–Trinajstić information content (AvgIpc) is 2.90. The highest BCUT2D eigenvalue weighted by Crippen LogP contribution is 2.21. The molecular weight excluding hydrogens is 296 g/mol. The monoisotopic (exact) mass is 305 g/mol. The Morgan fingerprint density at radius 2 is 2.05 bits per heavy atom. The van der Waals surface area contributed by atoms with E-state index in [9.17, 15) is 13.6 Å². The number of carbonyl (C=O) groups excluding carboxylic acids is 1. The van der Waals surface area contributed by atoms with Crippen LogP contribution in [0.3, 0.4) is 0 Å². The lowest BCUT2D eigenvalue weighted by Crippen LogP contribution is -2.24. The highest BCUT2D eigenvalue weighted by Gasteiger charge is 2.16. The summed E-state index contributed by atoms with van der Waals surface area (Å²) in [6.07, 6.45) is 1.05. The van der Waals surface area contributed by atoms with Crippen LogP contribution in [0.5, 0.6) is 0 Å². The number of hydrogen-bond donors (Lipinski definition) is 1. The van der Waals surface area contributed by atoms with Crippen LogP contribution in [0.4, 0.5) is 8.78 Å². The van der Waals surface area contributed by atoms with Crippen LogP contribution in [0.15, 0.2) is 36.5 Å². The predicted octanol–water partition coefficient (Wildman–Crippen LogP) is 2.90. The first-order valence-corrected chi connectivity index (χ1v) is 6.89. The van der Waals surface area contributed by atoms with Crippen molar-refractivity contribution in [2.75, 3.05) is 0 Å². The van der Waals surface area contributed by atoms with Crippen molar-refractivity contribution < 1.29 is 13.6 Å². The second-order valence-electron chi connectivity index (χ2n) is 4.22. The maximum atomic E-state index is 13.4. The molecule has 0 saturated carbocycles. The van der Waals surface area contributed by atoms with E-state index in [0.29, 0.717) is 5.01 Å². The summed E-state index contributed by atoms with van der Waals surface area (Å²) in [7, 11) is 0.